The Bertz CT molecular complexity index is 1000. The van der Waals surface area contributed by atoms with E-state index in [9.17, 15) is 9.65 Å². The molecular formula is C21H21ClFN5. The molecular weight excluding hydrogens is 377 g/mol. The van der Waals surface area contributed by atoms with Gasteiger partial charge in [-0.15, -0.1) is 0 Å². The zero-order valence-corrected chi connectivity index (χ0v) is 16.2. The highest BCUT2D eigenvalue weighted by Crippen LogP contribution is 2.37. The fraction of sp³-hybridized carbons (Fsp3) is 0.381. The SMILES string of the molecule is N#Cc1cnc2c(F)ccc(Cl)c2c1N1CCC(CCCn2ccnc2)CC1. The molecule has 0 radical (unpaired) electrons. The predicted octanol–water partition coefficient (Wildman–Crippen LogP) is 4.79. The van der Waals surface area contributed by atoms with Crippen LogP contribution in [0.2, 0.25) is 5.02 Å². The van der Waals surface area contributed by atoms with E-state index in [0.717, 1.165) is 38.9 Å². The van der Waals surface area contributed by atoms with E-state index in [1.165, 1.54) is 24.8 Å². The van der Waals surface area contributed by atoms with E-state index < -0.39 is 5.82 Å². The van der Waals surface area contributed by atoms with Gasteiger partial charge in [-0.3, -0.25) is 4.98 Å². The van der Waals surface area contributed by atoms with Crippen LogP contribution < -0.4 is 4.90 Å². The molecule has 0 bridgehead atoms. The predicted molar refractivity (Wildman–Crippen MR) is 108 cm³/mol. The van der Waals surface area contributed by atoms with Crippen LogP contribution in [0.4, 0.5) is 10.1 Å². The maximum Gasteiger partial charge on any atom is 0.149 e. The lowest BCUT2D eigenvalue weighted by Crippen LogP contribution is -2.34. The highest BCUT2D eigenvalue weighted by Gasteiger charge is 2.24. The van der Waals surface area contributed by atoms with E-state index in [4.69, 9.17) is 11.6 Å². The van der Waals surface area contributed by atoms with Crippen molar-refractivity contribution in [3.8, 4) is 6.07 Å². The standard InChI is InChI=1S/C21H21ClFN5/c22-17-3-4-18(23)20-19(17)21(16(12-24)13-26-20)28-9-5-15(6-10-28)2-1-8-27-11-7-25-14-27/h3-4,7,11,13-15H,1-2,5-6,8-10H2. The second-order valence-electron chi connectivity index (χ2n) is 7.26. The quantitative estimate of drug-likeness (QED) is 0.621. The zero-order chi connectivity index (χ0) is 19.5. The number of nitrogens with zero attached hydrogens (tertiary/aromatic N) is 5. The third kappa shape index (κ3) is 3.67. The number of aromatic nitrogens is 3. The molecule has 1 aromatic carbocycles. The van der Waals surface area contributed by atoms with Crippen LogP contribution in [-0.4, -0.2) is 27.6 Å². The number of benzene rings is 1. The Morgan fingerprint density at radius 1 is 1.29 bits per heavy atom. The smallest absolute Gasteiger partial charge is 0.149 e. The van der Waals surface area contributed by atoms with Crippen LogP contribution in [0.3, 0.4) is 0 Å². The van der Waals surface area contributed by atoms with E-state index in [0.29, 0.717) is 27.6 Å². The van der Waals surface area contributed by atoms with Crippen molar-refractivity contribution in [2.45, 2.75) is 32.2 Å². The molecule has 3 heterocycles. The Hall–Kier alpha value is -2.65. The number of piperidine rings is 1. The summed E-state index contributed by atoms with van der Waals surface area (Å²) in [5, 5.41) is 10.5. The summed E-state index contributed by atoms with van der Waals surface area (Å²) in [5.41, 5.74) is 1.39. The molecule has 5 nitrogen and oxygen atoms in total. The summed E-state index contributed by atoms with van der Waals surface area (Å²) in [5.74, 6) is 0.241. The number of imidazole rings is 1. The minimum Gasteiger partial charge on any atom is -0.370 e. The molecule has 2 aromatic heterocycles. The Morgan fingerprint density at radius 2 is 2.11 bits per heavy atom. The number of pyridine rings is 1. The molecule has 3 aromatic rings. The molecule has 7 heteroatoms. The average molecular weight is 398 g/mol. The molecule has 144 valence electrons. The van der Waals surface area contributed by atoms with Gasteiger partial charge < -0.3 is 9.47 Å². The van der Waals surface area contributed by atoms with Crippen molar-refractivity contribution in [1.29, 1.82) is 5.26 Å². The summed E-state index contributed by atoms with van der Waals surface area (Å²) in [4.78, 5) is 10.4. The topological polar surface area (TPSA) is 57.7 Å². The number of aryl methyl sites for hydroxylation is 1. The van der Waals surface area contributed by atoms with Crippen LogP contribution >= 0.6 is 11.6 Å². The highest BCUT2D eigenvalue weighted by atomic mass is 35.5. The van der Waals surface area contributed by atoms with Gasteiger partial charge in [-0.25, -0.2) is 9.37 Å². The van der Waals surface area contributed by atoms with Crippen molar-refractivity contribution in [2.75, 3.05) is 18.0 Å². The van der Waals surface area contributed by atoms with Crippen LogP contribution in [-0.2, 0) is 6.54 Å². The van der Waals surface area contributed by atoms with E-state index in [2.05, 4.69) is 25.5 Å². The molecule has 0 atom stereocenters. The van der Waals surface area contributed by atoms with Crippen molar-refractivity contribution >= 4 is 28.2 Å². The number of hydrogen-bond acceptors (Lipinski definition) is 4. The van der Waals surface area contributed by atoms with E-state index in [1.807, 2.05) is 12.5 Å². The molecule has 0 saturated carbocycles. The Kier molecular flexibility index (Phi) is 5.45. The van der Waals surface area contributed by atoms with Gasteiger partial charge in [-0.2, -0.15) is 5.26 Å². The number of nitriles is 1. The first-order valence-corrected chi connectivity index (χ1v) is 9.92. The van der Waals surface area contributed by atoms with Crippen LogP contribution in [0, 0.1) is 23.1 Å². The summed E-state index contributed by atoms with van der Waals surface area (Å²) in [6.07, 6.45) is 11.5. The molecule has 1 aliphatic heterocycles. The Morgan fingerprint density at radius 3 is 2.82 bits per heavy atom. The molecule has 1 aliphatic rings. The summed E-state index contributed by atoms with van der Waals surface area (Å²) >= 11 is 6.38. The zero-order valence-electron chi connectivity index (χ0n) is 15.5. The van der Waals surface area contributed by atoms with Gasteiger partial charge in [0.1, 0.15) is 17.4 Å². The van der Waals surface area contributed by atoms with Crippen molar-refractivity contribution in [3.05, 3.63) is 53.5 Å². The third-order valence-electron chi connectivity index (χ3n) is 5.53. The average Bonchev–Trinajstić information content (AvgIpc) is 3.24. The second kappa shape index (κ2) is 8.15. The molecule has 1 fully saturated rings. The molecule has 28 heavy (non-hydrogen) atoms. The third-order valence-corrected chi connectivity index (χ3v) is 5.85. The van der Waals surface area contributed by atoms with Crippen molar-refractivity contribution < 1.29 is 4.39 Å². The number of halogens is 2. The number of rotatable bonds is 5. The fourth-order valence-electron chi connectivity index (χ4n) is 4.05. The molecule has 4 rings (SSSR count). The molecule has 0 N–H and O–H groups in total. The molecule has 0 amide bonds. The van der Waals surface area contributed by atoms with Crippen LogP contribution in [0.15, 0.2) is 37.1 Å². The van der Waals surface area contributed by atoms with Gasteiger partial charge in [-0.1, -0.05) is 11.6 Å². The van der Waals surface area contributed by atoms with Crippen LogP contribution in [0.5, 0.6) is 0 Å². The summed E-state index contributed by atoms with van der Waals surface area (Å²) < 4.78 is 16.3. The second-order valence-corrected chi connectivity index (χ2v) is 7.67. The van der Waals surface area contributed by atoms with Gasteiger partial charge in [0, 0.05) is 43.6 Å². The Balaban J connectivity index is 1.49. The summed E-state index contributed by atoms with van der Waals surface area (Å²) in [6.45, 7) is 2.65. The van der Waals surface area contributed by atoms with Crippen molar-refractivity contribution in [2.24, 2.45) is 5.92 Å². The molecule has 1 saturated heterocycles. The minimum absolute atomic E-state index is 0.226. The summed E-state index contributed by atoms with van der Waals surface area (Å²) in [7, 11) is 0. The van der Waals surface area contributed by atoms with Crippen LogP contribution in [0.1, 0.15) is 31.2 Å². The largest absolute Gasteiger partial charge is 0.370 e. The lowest BCUT2D eigenvalue weighted by Gasteiger charge is -2.35. The van der Waals surface area contributed by atoms with Gasteiger partial charge in [0.05, 0.1) is 22.6 Å². The molecule has 0 spiro atoms. The molecule has 0 aliphatic carbocycles. The lowest BCUT2D eigenvalue weighted by atomic mass is 9.91. The van der Waals surface area contributed by atoms with Crippen LogP contribution in [0.25, 0.3) is 10.9 Å². The number of anilines is 1. The normalized spacial score (nSPS) is 15.1. The van der Waals surface area contributed by atoms with Gasteiger partial charge in [0.25, 0.3) is 0 Å². The lowest BCUT2D eigenvalue weighted by molar-refractivity contribution is 0.364. The highest BCUT2D eigenvalue weighted by molar-refractivity contribution is 6.36. The van der Waals surface area contributed by atoms with E-state index in [1.54, 1.807) is 6.20 Å². The Labute approximate surface area is 168 Å². The summed E-state index contributed by atoms with van der Waals surface area (Å²) in [6, 6.07) is 5.05. The van der Waals surface area contributed by atoms with Gasteiger partial charge in [-0.05, 0) is 43.7 Å². The van der Waals surface area contributed by atoms with E-state index >= 15 is 0 Å². The maximum atomic E-state index is 14.2. The monoisotopic (exact) mass is 397 g/mol. The maximum absolute atomic E-state index is 14.2. The van der Waals surface area contributed by atoms with Gasteiger partial charge >= 0.3 is 0 Å². The van der Waals surface area contributed by atoms with Gasteiger partial charge in [0.2, 0.25) is 0 Å². The number of hydrogen-bond donors (Lipinski definition) is 0. The number of fused-ring (bicyclic) bond motifs is 1. The van der Waals surface area contributed by atoms with Crippen molar-refractivity contribution in [1.82, 2.24) is 14.5 Å². The van der Waals surface area contributed by atoms with Crippen molar-refractivity contribution in [3.63, 3.8) is 0 Å². The first-order valence-electron chi connectivity index (χ1n) is 9.55. The fourth-order valence-corrected chi connectivity index (χ4v) is 4.30. The molecule has 0 unspecified atom stereocenters. The minimum atomic E-state index is -0.417. The van der Waals surface area contributed by atoms with E-state index in [-0.39, 0.29) is 5.52 Å². The first-order chi connectivity index (χ1) is 13.7. The first kappa shape index (κ1) is 18.7. The van der Waals surface area contributed by atoms with Gasteiger partial charge in [0.15, 0.2) is 0 Å².